The van der Waals surface area contributed by atoms with Gasteiger partial charge in [-0.2, -0.15) is 0 Å². The molecular formula is C47H35N. The third kappa shape index (κ3) is 4.47. The Morgan fingerprint density at radius 1 is 0.375 bits per heavy atom. The van der Waals surface area contributed by atoms with Gasteiger partial charge in [0, 0.05) is 22.2 Å². The maximum absolute atomic E-state index is 2.46. The van der Waals surface area contributed by atoms with Crippen LogP contribution in [0, 0.1) is 0 Å². The molecule has 1 heteroatoms. The summed E-state index contributed by atoms with van der Waals surface area (Å²) >= 11 is 0. The lowest BCUT2D eigenvalue weighted by Gasteiger charge is -2.28. The Morgan fingerprint density at radius 3 is 1.62 bits per heavy atom. The van der Waals surface area contributed by atoms with Crippen LogP contribution in [0.3, 0.4) is 0 Å². The number of hydrogen-bond donors (Lipinski definition) is 0. The minimum Gasteiger partial charge on any atom is -0.310 e. The normalized spacial score (nSPS) is 13.0. The number of para-hydroxylation sites is 1. The Bertz CT molecular complexity index is 2460. The predicted octanol–water partition coefficient (Wildman–Crippen LogP) is 13.1. The first-order valence-corrected chi connectivity index (χ1v) is 16.8. The maximum Gasteiger partial charge on any atom is 0.0546 e. The van der Waals surface area contributed by atoms with E-state index in [9.17, 15) is 0 Å². The Balaban J connectivity index is 1.24. The number of nitrogens with zero attached hydrogens (tertiary/aromatic N) is 1. The molecule has 0 spiro atoms. The van der Waals surface area contributed by atoms with Crippen molar-refractivity contribution in [2.24, 2.45) is 0 Å². The van der Waals surface area contributed by atoms with E-state index in [2.05, 4.69) is 195 Å². The van der Waals surface area contributed by atoms with Gasteiger partial charge >= 0.3 is 0 Å². The number of rotatable bonds is 5. The molecule has 0 saturated carbocycles. The summed E-state index contributed by atoms with van der Waals surface area (Å²) < 4.78 is 0. The summed E-state index contributed by atoms with van der Waals surface area (Å²) in [5, 5.41) is 5.06. The fourth-order valence-corrected chi connectivity index (χ4v) is 7.87. The van der Waals surface area contributed by atoms with Gasteiger partial charge in [0.1, 0.15) is 0 Å². The van der Waals surface area contributed by atoms with Crippen molar-refractivity contribution >= 4 is 38.6 Å². The van der Waals surface area contributed by atoms with Crippen LogP contribution in [-0.2, 0) is 5.41 Å². The van der Waals surface area contributed by atoms with E-state index >= 15 is 0 Å². The van der Waals surface area contributed by atoms with Crippen LogP contribution in [0.15, 0.2) is 176 Å². The highest BCUT2D eigenvalue weighted by atomic mass is 15.1. The average molecular weight is 614 g/mol. The predicted molar refractivity (Wildman–Crippen MR) is 205 cm³/mol. The lowest BCUT2D eigenvalue weighted by molar-refractivity contribution is 0.661. The largest absolute Gasteiger partial charge is 0.310 e. The monoisotopic (exact) mass is 613 g/mol. The van der Waals surface area contributed by atoms with Crippen LogP contribution < -0.4 is 4.90 Å². The summed E-state index contributed by atoms with van der Waals surface area (Å²) in [6, 6.07) is 64.3. The molecule has 0 fully saturated rings. The Morgan fingerprint density at radius 2 is 0.917 bits per heavy atom. The van der Waals surface area contributed by atoms with E-state index < -0.39 is 0 Å². The van der Waals surface area contributed by atoms with Crippen molar-refractivity contribution in [3.63, 3.8) is 0 Å². The molecular weight excluding hydrogens is 579 g/mol. The van der Waals surface area contributed by atoms with Crippen LogP contribution in [0.25, 0.3) is 54.9 Å². The van der Waals surface area contributed by atoms with Crippen molar-refractivity contribution in [2.45, 2.75) is 19.3 Å². The lowest BCUT2D eigenvalue weighted by Crippen LogP contribution is -2.15. The van der Waals surface area contributed by atoms with Gasteiger partial charge in [-0.3, -0.25) is 0 Å². The van der Waals surface area contributed by atoms with Crippen molar-refractivity contribution in [1.82, 2.24) is 0 Å². The molecule has 1 aliphatic rings. The van der Waals surface area contributed by atoms with Crippen molar-refractivity contribution in [2.75, 3.05) is 4.90 Å². The summed E-state index contributed by atoms with van der Waals surface area (Å²) in [7, 11) is 0. The number of benzene rings is 8. The second-order valence-corrected chi connectivity index (χ2v) is 13.4. The van der Waals surface area contributed by atoms with Gasteiger partial charge in [-0.25, -0.2) is 0 Å². The van der Waals surface area contributed by atoms with Gasteiger partial charge < -0.3 is 4.90 Å². The molecule has 8 aromatic carbocycles. The molecule has 1 nitrogen and oxygen atoms in total. The van der Waals surface area contributed by atoms with Gasteiger partial charge in [-0.05, 0) is 103 Å². The summed E-state index contributed by atoms with van der Waals surface area (Å²) in [5.74, 6) is 0. The van der Waals surface area contributed by atoms with E-state index in [4.69, 9.17) is 0 Å². The first-order valence-electron chi connectivity index (χ1n) is 16.8. The van der Waals surface area contributed by atoms with Gasteiger partial charge in [-0.15, -0.1) is 0 Å². The van der Waals surface area contributed by atoms with Crippen LogP contribution in [0.2, 0.25) is 0 Å². The minimum atomic E-state index is -0.0448. The molecule has 0 saturated heterocycles. The third-order valence-electron chi connectivity index (χ3n) is 10.2. The Hall–Kier alpha value is -5.92. The summed E-state index contributed by atoms with van der Waals surface area (Å²) in [5.41, 5.74) is 13.8. The molecule has 0 atom stereocenters. The highest BCUT2D eigenvalue weighted by Gasteiger charge is 2.35. The Kier molecular flexibility index (Phi) is 6.55. The van der Waals surface area contributed by atoms with Gasteiger partial charge in [-0.1, -0.05) is 147 Å². The molecule has 0 aliphatic heterocycles. The van der Waals surface area contributed by atoms with Crippen molar-refractivity contribution < 1.29 is 0 Å². The molecule has 0 unspecified atom stereocenters. The molecule has 0 amide bonds. The van der Waals surface area contributed by atoms with Gasteiger partial charge in [0.2, 0.25) is 0 Å². The summed E-state index contributed by atoms with van der Waals surface area (Å²) in [4.78, 5) is 2.42. The van der Waals surface area contributed by atoms with Crippen LogP contribution >= 0.6 is 0 Å². The molecule has 1 aliphatic carbocycles. The summed E-state index contributed by atoms with van der Waals surface area (Å²) in [6.45, 7) is 4.72. The zero-order valence-electron chi connectivity index (χ0n) is 27.2. The molecule has 0 aromatic heterocycles. The van der Waals surface area contributed by atoms with Crippen molar-refractivity contribution in [1.29, 1.82) is 0 Å². The molecule has 0 radical (unpaired) electrons. The zero-order chi connectivity index (χ0) is 32.2. The second-order valence-electron chi connectivity index (χ2n) is 13.4. The van der Waals surface area contributed by atoms with Gasteiger partial charge in [0.15, 0.2) is 0 Å². The molecule has 9 rings (SSSR count). The fraction of sp³-hybridized carbons (Fsp3) is 0.0638. The van der Waals surface area contributed by atoms with E-state index in [1.54, 1.807) is 0 Å². The highest BCUT2D eigenvalue weighted by molar-refractivity contribution is 6.16. The quantitative estimate of drug-likeness (QED) is 0.175. The van der Waals surface area contributed by atoms with Crippen LogP contribution in [-0.4, -0.2) is 0 Å². The minimum absolute atomic E-state index is 0.0448. The molecule has 0 N–H and O–H groups in total. The fourth-order valence-electron chi connectivity index (χ4n) is 7.87. The highest BCUT2D eigenvalue weighted by Crippen LogP contribution is 2.51. The first kappa shape index (κ1) is 28.3. The number of anilines is 3. The zero-order valence-corrected chi connectivity index (χ0v) is 27.2. The first-order chi connectivity index (χ1) is 23.6. The SMILES string of the molecule is CC1(C)c2ccccc2-c2cc3cc(N(c4ccccc4)c4ccc(-c5ccccc5-c5ccccc5)cc4)c4ccccc4c3cc21. The smallest absolute Gasteiger partial charge is 0.0546 e. The van der Waals surface area contributed by atoms with E-state index in [1.807, 2.05) is 0 Å². The topological polar surface area (TPSA) is 3.24 Å². The van der Waals surface area contributed by atoms with E-state index in [1.165, 1.54) is 71.7 Å². The van der Waals surface area contributed by atoms with E-state index in [0.717, 1.165) is 11.4 Å². The average Bonchev–Trinajstić information content (AvgIpc) is 3.37. The van der Waals surface area contributed by atoms with Crippen LogP contribution in [0.5, 0.6) is 0 Å². The van der Waals surface area contributed by atoms with Crippen LogP contribution in [0.1, 0.15) is 25.0 Å². The maximum atomic E-state index is 2.46. The lowest BCUT2D eigenvalue weighted by atomic mass is 9.81. The number of fused-ring (bicyclic) bond motifs is 6. The van der Waals surface area contributed by atoms with Crippen molar-refractivity contribution in [3.8, 4) is 33.4 Å². The molecule has 228 valence electrons. The van der Waals surface area contributed by atoms with E-state index in [-0.39, 0.29) is 5.41 Å². The molecule has 8 aromatic rings. The summed E-state index contributed by atoms with van der Waals surface area (Å²) in [6.07, 6.45) is 0. The Labute approximate surface area is 282 Å². The van der Waals surface area contributed by atoms with Crippen molar-refractivity contribution in [3.05, 3.63) is 187 Å². The third-order valence-corrected chi connectivity index (χ3v) is 10.2. The molecule has 0 bridgehead atoms. The van der Waals surface area contributed by atoms with Gasteiger partial charge in [0.05, 0.1) is 5.69 Å². The molecule has 0 heterocycles. The van der Waals surface area contributed by atoms with E-state index in [0.29, 0.717) is 0 Å². The second kappa shape index (κ2) is 11.1. The van der Waals surface area contributed by atoms with Gasteiger partial charge in [0.25, 0.3) is 0 Å². The van der Waals surface area contributed by atoms with Crippen LogP contribution in [0.4, 0.5) is 17.1 Å². The standard InChI is InChI=1S/C47H35N/c1-47(2)44-24-14-13-22-40(44)43-29-34-30-46(41-23-12-11-21-39(41)42(34)31-45(43)47)48(35-17-7-4-8-18-35)36-27-25-33(26-28-36)38-20-10-9-19-37(38)32-15-5-3-6-16-32/h3-31H,1-2H3. The molecule has 48 heavy (non-hydrogen) atoms. The number of hydrogen-bond acceptors (Lipinski definition) is 1.